The summed E-state index contributed by atoms with van der Waals surface area (Å²) in [6.07, 6.45) is 0.907. The van der Waals surface area contributed by atoms with Gasteiger partial charge in [-0.15, -0.1) is 0 Å². The van der Waals surface area contributed by atoms with Gasteiger partial charge < -0.3 is 9.64 Å². The Kier molecular flexibility index (Phi) is 4.91. The maximum atomic E-state index is 13.1. The first-order valence-electron chi connectivity index (χ1n) is 9.73. The van der Waals surface area contributed by atoms with Crippen LogP contribution in [0, 0.1) is 13.8 Å². The summed E-state index contributed by atoms with van der Waals surface area (Å²) in [5.41, 5.74) is 6.50. The van der Waals surface area contributed by atoms with Crippen molar-refractivity contribution in [2.24, 2.45) is 0 Å². The Morgan fingerprint density at radius 3 is 2.50 bits per heavy atom. The summed E-state index contributed by atoms with van der Waals surface area (Å²) in [4.78, 5) is 15.0. The molecule has 0 radical (unpaired) electrons. The number of hydrogen-bond donors (Lipinski definition) is 0. The van der Waals surface area contributed by atoms with Crippen molar-refractivity contribution in [3.63, 3.8) is 0 Å². The van der Waals surface area contributed by atoms with Gasteiger partial charge in [-0.1, -0.05) is 36.4 Å². The highest BCUT2D eigenvalue weighted by molar-refractivity contribution is 6.07. The number of rotatable bonds is 4. The molecule has 1 aliphatic heterocycles. The molecule has 1 atom stereocenters. The zero-order chi connectivity index (χ0) is 19.7. The summed E-state index contributed by atoms with van der Waals surface area (Å²) in [7, 11) is 0. The lowest BCUT2D eigenvalue weighted by Crippen LogP contribution is -2.35. The number of para-hydroxylation sites is 1. The molecule has 1 amide bonds. The molecule has 142 valence electrons. The molecule has 0 aromatic heterocycles. The topological polar surface area (TPSA) is 29.5 Å². The summed E-state index contributed by atoms with van der Waals surface area (Å²) in [5.74, 6) is 0.921. The molecule has 0 bridgehead atoms. The fraction of sp³-hybridized carbons (Fsp3) is 0.240. The molecule has 0 aliphatic carbocycles. The number of benzene rings is 3. The molecule has 1 aliphatic rings. The Hall–Kier alpha value is -3.07. The molecule has 0 fully saturated rings. The quantitative estimate of drug-likeness (QED) is 0.608. The van der Waals surface area contributed by atoms with E-state index in [0.29, 0.717) is 12.2 Å². The van der Waals surface area contributed by atoms with E-state index < -0.39 is 0 Å². The Labute approximate surface area is 166 Å². The molecule has 0 spiro atoms. The third kappa shape index (κ3) is 3.53. The van der Waals surface area contributed by atoms with E-state index in [0.717, 1.165) is 23.4 Å². The van der Waals surface area contributed by atoms with E-state index in [1.807, 2.05) is 53.4 Å². The van der Waals surface area contributed by atoms with Gasteiger partial charge in [0.25, 0.3) is 5.91 Å². The first-order valence-corrected chi connectivity index (χ1v) is 9.73. The van der Waals surface area contributed by atoms with E-state index in [-0.39, 0.29) is 11.9 Å². The lowest BCUT2D eigenvalue weighted by molar-refractivity contribution is 0.0981. The number of carbonyl (C=O) groups excluding carboxylic acids is 1. The van der Waals surface area contributed by atoms with Crippen LogP contribution in [-0.2, 0) is 13.0 Å². The van der Waals surface area contributed by atoms with Crippen LogP contribution in [0.3, 0.4) is 0 Å². The van der Waals surface area contributed by atoms with Crippen LogP contribution >= 0.6 is 0 Å². The van der Waals surface area contributed by atoms with Crippen molar-refractivity contribution in [1.82, 2.24) is 0 Å². The number of fused-ring (bicyclic) bond motifs is 1. The van der Waals surface area contributed by atoms with Crippen molar-refractivity contribution in [3.05, 3.63) is 94.5 Å². The highest BCUT2D eigenvalue weighted by Gasteiger charge is 2.31. The Morgan fingerprint density at radius 1 is 1.00 bits per heavy atom. The average molecular weight is 371 g/mol. The minimum atomic E-state index is 0.0547. The number of anilines is 1. The maximum absolute atomic E-state index is 13.1. The SMILES string of the molecule is Cc1ccc(OCc2ccc(C(=O)N3c4ccccc4CC3C)cc2)cc1C. The highest BCUT2D eigenvalue weighted by atomic mass is 16.5. The van der Waals surface area contributed by atoms with Crippen LogP contribution in [0.1, 0.15) is 39.5 Å². The van der Waals surface area contributed by atoms with Gasteiger partial charge in [0.05, 0.1) is 0 Å². The minimum Gasteiger partial charge on any atom is -0.489 e. The molecule has 3 nitrogen and oxygen atoms in total. The van der Waals surface area contributed by atoms with Crippen molar-refractivity contribution >= 4 is 11.6 Å². The van der Waals surface area contributed by atoms with E-state index in [4.69, 9.17) is 4.74 Å². The molecular weight excluding hydrogens is 346 g/mol. The number of aryl methyl sites for hydroxylation is 2. The highest BCUT2D eigenvalue weighted by Crippen LogP contribution is 2.33. The fourth-order valence-electron chi connectivity index (χ4n) is 3.73. The van der Waals surface area contributed by atoms with E-state index in [1.54, 1.807) is 0 Å². The maximum Gasteiger partial charge on any atom is 0.258 e. The van der Waals surface area contributed by atoms with Crippen LogP contribution in [0.2, 0.25) is 0 Å². The second-order valence-electron chi connectivity index (χ2n) is 7.59. The molecule has 1 unspecified atom stereocenters. The van der Waals surface area contributed by atoms with Gasteiger partial charge in [0.15, 0.2) is 0 Å². The second kappa shape index (κ2) is 7.51. The second-order valence-corrected chi connectivity index (χ2v) is 7.59. The van der Waals surface area contributed by atoms with Crippen molar-refractivity contribution in [1.29, 1.82) is 0 Å². The summed E-state index contributed by atoms with van der Waals surface area (Å²) in [6.45, 7) is 6.76. The number of amides is 1. The van der Waals surface area contributed by atoms with Crippen molar-refractivity contribution < 1.29 is 9.53 Å². The average Bonchev–Trinajstić information content (AvgIpc) is 3.04. The number of nitrogens with zero attached hydrogens (tertiary/aromatic N) is 1. The lowest BCUT2D eigenvalue weighted by atomic mass is 10.1. The molecule has 3 aromatic carbocycles. The van der Waals surface area contributed by atoms with E-state index in [1.165, 1.54) is 16.7 Å². The third-order valence-corrected chi connectivity index (χ3v) is 5.51. The molecular formula is C25H25NO2. The van der Waals surface area contributed by atoms with Gasteiger partial charge in [-0.3, -0.25) is 4.79 Å². The molecule has 3 heteroatoms. The normalized spacial score (nSPS) is 15.4. The van der Waals surface area contributed by atoms with Gasteiger partial charge in [-0.05, 0) is 79.8 Å². The number of ether oxygens (including phenoxy) is 1. The summed E-state index contributed by atoms with van der Waals surface area (Å²) >= 11 is 0. The molecule has 28 heavy (non-hydrogen) atoms. The zero-order valence-electron chi connectivity index (χ0n) is 16.6. The van der Waals surface area contributed by atoms with Gasteiger partial charge >= 0.3 is 0 Å². The molecule has 3 aromatic rings. The number of carbonyl (C=O) groups is 1. The van der Waals surface area contributed by atoms with Crippen LogP contribution in [0.4, 0.5) is 5.69 Å². The largest absolute Gasteiger partial charge is 0.489 e. The fourth-order valence-corrected chi connectivity index (χ4v) is 3.73. The van der Waals surface area contributed by atoms with Crippen LogP contribution in [0.5, 0.6) is 5.75 Å². The van der Waals surface area contributed by atoms with Gasteiger partial charge in [0.1, 0.15) is 12.4 Å². The summed E-state index contributed by atoms with van der Waals surface area (Å²) < 4.78 is 5.90. The molecule has 0 saturated carbocycles. The van der Waals surface area contributed by atoms with Crippen LogP contribution < -0.4 is 9.64 Å². The van der Waals surface area contributed by atoms with Crippen LogP contribution in [-0.4, -0.2) is 11.9 Å². The van der Waals surface area contributed by atoms with E-state index >= 15 is 0 Å². The predicted octanol–water partition coefficient (Wildman–Crippen LogP) is 5.47. The van der Waals surface area contributed by atoms with Crippen LogP contribution in [0.25, 0.3) is 0 Å². The van der Waals surface area contributed by atoms with Crippen molar-refractivity contribution in [2.75, 3.05) is 4.90 Å². The molecule has 0 saturated heterocycles. The Bertz CT molecular complexity index is 1010. The van der Waals surface area contributed by atoms with Gasteiger partial charge in [-0.25, -0.2) is 0 Å². The third-order valence-electron chi connectivity index (χ3n) is 5.51. The molecule has 1 heterocycles. The monoisotopic (exact) mass is 371 g/mol. The zero-order valence-corrected chi connectivity index (χ0v) is 16.6. The molecule has 0 N–H and O–H groups in total. The summed E-state index contributed by atoms with van der Waals surface area (Å²) in [6, 6.07) is 22.2. The van der Waals surface area contributed by atoms with Gasteiger partial charge in [0.2, 0.25) is 0 Å². The van der Waals surface area contributed by atoms with Gasteiger partial charge in [-0.2, -0.15) is 0 Å². The van der Waals surface area contributed by atoms with Gasteiger partial charge in [0, 0.05) is 17.3 Å². The Balaban J connectivity index is 1.46. The summed E-state index contributed by atoms with van der Waals surface area (Å²) in [5, 5.41) is 0. The first kappa shape index (κ1) is 18.3. The minimum absolute atomic E-state index is 0.0547. The van der Waals surface area contributed by atoms with E-state index in [2.05, 4.69) is 39.0 Å². The smallest absolute Gasteiger partial charge is 0.258 e. The first-order chi connectivity index (χ1) is 13.5. The van der Waals surface area contributed by atoms with E-state index in [9.17, 15) is 4.79 Å². The molecule has 4 rings (SSSR count). The lowest BCUT2D eigenvalue weighted by Gasteiger charge is -2.23. The standard InChI is InChI=1S/C25H25NO2/c1-17-8-13-23(14-18(17)2)28-16-20-9-11-21(12-10-20)25(27)26-19(3)15-22-6-4-5-7-24(22)26/h4-14,19H,15-16H2,1-3H3. The predicted molar refractivity (Wildman–Crippen MR) is 113 cm³/mol. The van der Waals surface area contributed by atoms with Crippen LogP contribution in [0.15, 0.2) is 66.7 Å². The van der Waals surface area contributed by atoms with Crippen molar-refractivity contribution in [3.8, 4) is 5.75 Å². The van der Waals surface area contributed by atoms with Crippen molar-refractivity contribution in [2.45, 2.75) is 39.8 Å². The Morgan fingerprint density at radius 2 is 1.75 bits per heavy atom. The number of hydrogen-bond acceptors (Lipinski definition) is 2.